The number of amides is 4. The Morgan fingerprint density at radius 1 is 1.07 bits per heavy atom. The average Bonchev–Trinajstić information content (AvgIpc) is 3.20. The number of piperidine rings is 1. The van der Waals surface area contributed by atoms with Gasteiger partial charge >= 0.3 is 6.09 Å². The molecular formula is C32H43N3O5. The van der Waals surface area contributed by atoms with Crippen LogP contribution in [-0.2, 0) is 20.9 Å². The maximum Gasteiger partial charge on any atom is 0.410 e. The molecule has 1 saturated carbocycles. The van der Waals surface area contributed by atoms with Gasteiger partial charge in [0.25, 0.3) is 5.91 Å². The Balaban J connectivity index is 1.25. The standard InChI is InChI=1S/C32H43N3O5/c1-22-11-14-25(15-12-22)34(31(39)40-32(2,3)4)19-9-7-5-6-8-10-23-13-16-26-24(20-23)21-35(30(26)38)27-17-18-28(36)33-29(27)37/h13,16,20,22,25,27H,5-7,9,11-12,14-15,17-19,21H2,1-4H3,(H,33,36,37). The summed E-state index contributed by atoms with van der Waals surface area (Å²) in [5.41, 5.74) is 1.80. The van der Waals surface area contributed by atoms with Gasteiger partial charge in [-0.25, -0.2) is 4.79 Å². The van der Waals surface area contributed by atoms with E-state index in [1.54, 1.807) is 11.0 Å². The van der Waals surface area contributed by atoms with Gasteiger partial charge in [0.05, 0.1) is 0 Å². The first-order valence-electron chi connectivity index (χ1n) is 14.8. The van der Waals surface area contributed by atoms with Gasteiger partial charge in [0.1, 0.15) is 11.6 Å². The smallest absolute Gasteiger partial charge is 0.410 e. The Morgan fingerprint density at radius 3 is 2.52 bits per heavy atom. The second-order valence-corrected chi connectivity index (χ2v) is 12.5. The highest BCUT2D eigenvalue weighted by Gasteiger charge is 2.39. The van der Waals surface area contributed by atoms with E-state index in [1.165, 1.54) is 0 Å². The summed E-state index contributed by atoms with van der Waals surface area (Å²) in [6, 6.07) is 5.21. The summed E-state index contributed by atoms with van der Waals surface area (Å²) in [7, 11) is 0. The lowest BCUT2D eigenvalue weighted by Crippen LogP contribution is -2.52. The second kappa shape index (κ2) is 12.9. The van der Waals surface area contributed by atoms with Crippen LogP contribution in [0.1, 0.15) is 113 Å². The van der Waals surface area contributed by atoms with E-state index in [1.807, 2.05) is 37.8 Å². The Labute approximate surface area is 238 Å². The van der Waals surface area contributed by atoms with E-state index in [2.05, 4.69) is 24.1 Å². The fourth-order valence-electron chi connectivity index (χ4n) is 5.79. The first-order valence-corrected chi connectivity index (χ1v) is 14.8. The molecule has 2 heterocycles. The van der Waals surface area contributed by atoms with Crippen molar-refractivity contribution < 1.29 is 23.9 Å². The highest BCUT2D eigenvalue weighted by Crippen LogP contribution is 2.29. The van der Waals surface area contributed by atoms with Gasteiger partial charge in [-0.3, -0.25) is 19.7 Å². The molecule has 1 aromatic rings. The molecule has 216 valence electrons. The lowest BCUT2D eigenvalue weighted by Gasteiger charge is -2.37. The van der Waals surface area contributed by atoms with Crippen molar-refractivity contribution in [3.05, 3.63) is 34.9 Å². The summed E-state index contributed by atoms with van der Waals surface area (Å²) >= 11 is 0. The van der Waals surface area contributed by atoms with Crippen molar-refractivity contribution >= 4 is 23.8 Å². The number of nitrogens with one attached hydrogen (secondary N) is 1. The minimum Gasteiger partial charge on any atom is -0.444 e. The van der Waals surface area contributed by atoms with Crippen molar-refractivity contribution in [3.63, 3.8) is 0 Å². The zero-order valence-corrected chi connectivity index (χ0v) is 24.4. The monoisotopic (exact) mass is 549 g/mol. The Morgan fingerprint density at radius 2 is 1.82 bits per heavy atom. The van der Waals surface area contributed by atoms with Crippen LogP contribution >= 0.6 is 0 Å². The van der Waals surface area contributed by atoms with Crippen LogP contribution in [0.25, 0.3) is 0 Å². The average molecular weight is 550 g/mol. The summed E-state index contributed by atoms with van der Waals surface area (Å²) in [5, 5.41) is 2.33. The molecule has 1 unspecified atom stereocenters. The van der Waals surface area contributed by atoms with E-state index in [-0.39, 0.29) is 30.4 Å². The highest BCUT2D eigenvalue weighted by atomic mass is 16.6. The SMILES string of the molecule is CC1CCC(N(CCCCCC#Cc2ccc3c(c2)CN(C2CCC(=O)NC2=O)C3=O)C(=O)OC(C)(C)C)CC1. The molecule has 2 fully saturated rings. The number of benzene rings is 1. The first-order chi connectivity index (χ1) is 19.0. The van der Waals surface area contributed by atoms with Crippen molar-refractivity contribution in [1.29, 1.82) is 0 Å². The number of imide groups is 1. The zero-order valence-electron chi connectivity index (χ0n) is 24.4. The second-order valence-electron chi connectivity index (χ2n) is 12.5. The predicted octanol–water partition coefficient (Wildman–Crippen LogP) is 5.18. The van der Waals surface area contributed by atoms with E-state index in [9.17, 15) is 19.2 Å². The molecule has 40 heavy (non-hydrogen) atoms. The van der Waals surface area contributed by atoms with E-state index >= 15 is 0 Å². The van der Waals surface area contributed by atoms with Crippen LogP contribution in [0.15, 0.2) is 18.2 Å². The van der Waals surface area contributed by atoms with Crippen LogP contribution in [0.2, 0.25) is 0 Å². The predicted molar refractivity (Wildman–Crippen MR) is 152 cm³/mol. The summed E-state index contributed by atoms with van der Waals surface area (Å²) in [6.07, 6.45) is 8.41. The minimum absolute atomic E-state index is 0.174. The third kappa shape index (κ3) is 7.65. The molecule has 8 nitrogen and oxygen atoms in total. The van der Waals surface area contributed by atoms with Crippen LogP contribution in [-0.4, -0.2) is 57.8 Å². The van der Waals surface area contributed by atoms with Crippen LogP contribution in [0, 0.1) is 17.8 Å². The molecule has 1 aliphatic carbocycles. The molecule has 0 bridgehead atoms. The number of hydrogen-bond donors (Lipinski definition) is 1. The number of hydrogen-bond acceptors (Lipinski definition) is 5. The number of unbranched alkanes of at least 4 members (excludes halogenated alkanes) is 3. The number of fused-ring (bicyclic) bond motifs is 1. The summed E-state index contributed by atoms with van der Waals surface area (Å²) in [5.74, 6) is 6.32. The van der Waals surface area contributed by atoms with Gasteiger partial charge in [-0.05, 0) is 95.4 Å². The fourth-order valence-corrected chi connectivity index (χ4v) is 5.79. The molecule has 8 heteroatoms. The number of carbonyl (C=O) groups excluding carboxylic acids is 4. The van der Waals surface area contributed by atoms with E-state index in [0.717, 1.165) is 68.4 Å². The Kier molecular flexibility index (Phi) is 9.55. The number of carbonyl (C=O) groups is 4. The van der Waals surface area contributed by atoms with Gasteiger partial charge < -0.3 is 14.5 Å². The number of nitrogens with zero attached hydrogens (tertiary/aromatic N) is 2. The molecule has 1 aromatic carbocycles. The molecule has 3 aliphatic rings. The van der Waals surface area contributed by atoms with Crippen molar-refractivity contribution in [2.45, 2.75) is 116 Å². The lowest BCUT2D eigenvalue weighted by atomic mass is 9.86. The molecule has 1 atom stereocenters. The molecule has 0 aromatic heterocycles. The van der Waals surface area contributed by atoms with Gasteiger partial charge in [-0.1, -0.05) is 25.2 Å². The lowest BCUT2D eigenvalue weighted by molar-refractivity contribution is -0.136. The van der Waals surface area contributed by atoms with Crippen molar-refractivity contribution in [2.24, 2.45) is 5.92 Å². The van der Waals surface area contributed by atoms with Gasteiger partial charge in [0, 0.05) is 43.1 Å². The maximum absolute atomic E-state index is 12.9. The molecule has 1 N–H and O–H groups in total. The quantitative estimate of drug-likeness (QED) is 0.287. The molecule has 0 spiro atoms. The van der Waals surface area contributed by atoms with Crippen LogP contribution in [0.4, 0.5) is 4.79 Å². The van der Waals surface area contributed by atoms with Gasteiger partial charge in [-0.2, -0.15) is 0 Å². The van der Waals surface area contributed by atoms with Crippen LogP contribution < -0.4 is 5.32 Å². The molecule has 4 rings (SSSR count). The maximum atomic E-state index is 12.9. The van der Waals surface area contributed by atoms with Crippen molar-refractivity contribution in [2.75, 3.05) is 6.54 Å². The summed E-state index contributed by atoms with van der Waals surface area (Å²) in [6.45, 7) is 9.09. The molecule has 4 amide bonds. The molecular weight excluding hydrogens is 506 g/mol. The number of ether oxygens (including phenoxy) is 1. The van der Waals surface area contributed by atoms with Gasteiger partial charge in [0.15, 0.2) is 0 Å². The number of rotatable bonds is 7. The molecule has 2 aliphatic heterocycles. The zero-order chi connectivity index (χ0) is 28.9. The summed E-state index contributed by atoms with van der Waals surface area (Å²) < 4.78 is 5.72. The van der Waals surface area contributed by atoms with Crippen LogP contribution in [0.5, 0.6) is 0 Å². The third-order valence-corrected chi connectivity index (χ3v) is 8.01. The van der Waals surface area contributed by atoms with Gasteiger partial charge in [0.2, 0.25) is 11.8 Å². The first kappa shape index (κ1) is 29.6. The van der Waals surface area contributed by atoms with E-state index < -0.39 is 17.6 Å². The largest absolute Gasteiger partial charge is 0.444 e. The normalized spacial score (nSPS) is 22.8. The molecule has 0 radical (unpaired) electrons. The van der Waals surface area contributed by atoms with E-state index in [4.69, 9.17) is 4.74 Å². The topological polar surface area (TPSA) is 96.0 Å². The van der Waals surface area contributed by atoms with Gasteiger partial charge in [-0.15, -0.1) is 0 Å². The van der Waals surface area contributed by atoms with E-state index in [0.29, 0.717) is 25.1 Å². The Bertz CT molecular complexity index is 1180. The third-order valence-electron chi connectivity index (χ3n) is 8.01. The molecule has 1 saturated heterocycles. The Hall–Kier alpha value is -3.34. The highest BCUT2D eigenvalue weighted by molar-refractivity contribution is 6.05. The van der Waals surface area contributed by atoms with Crippen molar-refractivity contribution in [1.82, 2.24) is 15.1 Å². The van der Waals surface area contributed by atoms with Crippen LogP contribution in [0.3, 0.4) is 0 Å². The van der Waals surface area contributed by atoms with Crippen molar-refractivity contribution in [3.8, 4) is 11.8 Å². The minimum atomic E-state index is -0.611. The fraction of sp³-hybridized carbons (Fsp3) is 0.625. The summed E-state index contributed by atoms with van der Waals surface area (Å²) in [4.78, 5) is 53.0.